The summed E-state index contributed by atoms with van der Waals surface area (Å²) in [5.74, 6) is 0.446. The molecule has 0 bridgehead atoms. The molecule has 0 spiro atoms. The Labute approximate surface area is 62.2 Å². The van der Waals surface area contributed by atoms with E-state index in [1.165, 1.54) is 12.4 Å². The summed E-state index contributed by atoms with van der Waals surface area (Å²) in [4.78, 5) is 4.05. The molecule has 0 aliphatic rings. The van der Waals surface area contributed by atoms with Crippen molar-refractivity contribution in [2.75, 3.05) is 0 Å². The van der Waals surface area contributed by atoms with E-state index in [1.807, 2.05) is 13.0 Å². The maximum atomic E-state index is 6.71. The predicted octanol–water partition coefficient (Wildman–Crippen LogP) is 2.27. The second kappa shape index (κ2) is 4.91. The van der Waals surface area contributed by atoms with Gasteiger partial charge in [0.25, 0.3) is 0 Å². The van der Waals surface area contributed by atoms with E-state index in [9.17, 15) is 0 Å². The molecule has 2 heteroatoms. The van der Waals surface area contributed by atoms with Gasteiger partial charge in [-0.2, -0.15) is 0 Å². The van der Waals surface area contributed by atoms with Crippen LogP contribution in [0.2, 0.25) is 0 Å². The number of hydrogen-bond acceptors (Lipinski definition) is 2. The smallest absolute Gasteiger partial charge is 0.0447 e. The van der Waals surface area contributed by atoms with Crippen LogP contribution in [0.4, 0.5) is 0 Å². The van der Waals surface area contributed by atoms with E-state index in [-0.39, 0.29) is 0 Å². The standard InChI is InChI=1S/C8H14N2/c1-4-8(7(2)3)10-6-5-9/h4-7,9H,1-3H3/b8-4-,9-5?,10-6?. The van der Waals surface area contributed by atoms with Crippen LogP contribution in [0.5, 0.6) is 0 Å². The summed E-state index contributed by atoms with van der Waals surface area (Å²) in [5, 5.41) is 6.71. The Kier molecular flexibility index (Phi) is 4.46. The normalized spacial score (nSPS) is 13.0. The van der Waals surface area contributed by atoms with Crippen molar-refractivity contribution in [1.29, 1.82) is 5.41 Å². The summed E-state index contributed by atoms with van der Waals surface area (Å²) in [6, 6.07) is 0. The van der Waals surface area contributed by atoms with Crippen LogP contribution in [0.1, 0.15) is 20.8 Å². The fourth-order valence-electron chi connectivity index (χ4n) is 0.680. The van der Waals surface area contributed by atoms with Crippen molar-refractivity contribution in [3.8, 4) is 0 Å². The van der Waals surface area contributed by atoms with E-state index in [4.69, 9.17) is 5.41 Å². The first kappa shape index (κ1) is 9.08. The minimum atomic E-state index is 0.446. The van der Waals surface area contributed by atoms with Crippen LogP contribution >= 0.6 is 0 Å². The molecule has 10 heavy (non-hydrogen) atoms. The molecular weight excluding hydrogens is 124 g/mol. The first-order valence-corrected chi connectivity index (χ1v) is 3.41. The summed E-state index contributed by atoms with van der Waals surface area (Å²) >= 11 is 0. The third-order valence-electron chi connectivity index (χ3n) is 1.19. The van der Waals surface area contributed by atoms with Crippen LogP contribution in [0, 0.1) is 11.3 Å². The van der Waals surface area contributed by atoms with E-state index in [2.05, 4.69) is 18.8 Å². The van der Waals surface area contributed by atoms with Gasteiger partial charge < -0.3 is 5.41 Å². The van der Waals surface area contributed by atoms with Gasteiger partial charge in [-0.1, -0.05) is 19.9 Å². The Morgan fingerprint density at radius 3 is 2.40 bits per heavy atom. The largest absolute Gasteiger partial charge is 0.307 e. The molecule has 0 aliphatic carbocycles. The van der Waals surface area contributed by atoms with Crippen molar-refractivity contribution in [2.45, 2.75) is 20.8 Å². The zero-order valence-electron chi connectivity index (χ0n) is 6.76. The average molecular weight is 138 g/mol. The highest BCUT2D eigenvalue weighted by Gasteiger charge is 1.96. The molecule has 2 nitrogen and oxygen atoms in total. The van der Waals surface area contributed by atoms with Crippen LogP contribution in [0.25, 0.3) is 0 Å². The molecule has 0 unspecified atom stereocenters. The molecular formula is C8H14N2. The van der Waals surface area contributed by atoms with E-state index < -0.39 is 0 Å². The van der Waals surface area contributed by atoms with Crippen LogP contribution in [-0.4, -0.2) is 12.4 Å². The Morgan fingerprint density at radius 2 is 2.10 bits per heavy atom. The zero-order valence-corrected chi connectivity index (χ0v) is 6.76. The maximum absolute atomic E-state index is 6.71. The first-order valence-electron chi connectivity index (χ1n) is 3.41. The topological polar surface area (TPSA) is 36.2 Å². The average Bonchev–Trinajstić information content (AvgIpc) is 1.89. The van der Waals surface area contributed by atoms with Crippen molar-refractivity contribution in [3.63, 3.8) is 0 Å². The molecule has 56 valence electrons. The van der Waals surface area contributed by atoms with Gasteiger partial charge in [0.2, 0.25) is 0 Å². The number of rotatable bonds is 3. The van der Waals surface area contributed by atoms with Gasteiger partial charge in [-0.3, -0.25) is 4.99 Å². The van der Waals surface area contributed by atoms with Gasteiger partial charge in [-0.05, 0) is 12.8 Å². The third kappa shape index (κ3) is 3.17. The molecule has 0 fully saturated rings. The van der Waals surface area contributed by atoms with Gasteiger partial charge in [-0.25, -0.2) is 0 Å². The second-order valence-corrected chi connectivity index (χ2v) is 2.31. The van der Waals surface area contributed by atoms with E-state index >= 15 is 0 Å². The summed E-state index contributed by atoms with van der Waals surface area (Å²) in [6.07, 6.45) is 4.64. The highest BCUT2D eigenvalue weighted by atomic mass is 14.7. The molecule has 0 rings (SSSR count). The van der Waals surface area contributed by atoms with Crippen molar-refractivity contribution < 1.29 is 0 Å². The summed E-state index contributed by atoms with van der Waals surface area (Å²) < 4.78 is 0. The lowest BCUT2D eigenvalue weighted by Gasteiger charge is -2.02. The second-order valence-electron chi connectivity index (χ2n) is 2.31. The van der Waals surface area contributed by atoms with Gasteiger partial charge >= 0.3 is 0 Å². The Balaban J connectivity index is 4.10. The minimum absolute atomic E-state index is 0.446. The minimum Gasteiger partial charge on any atom is -0.307 e. The van der Waals surface area contributed by atoms with Crippen LogP contribution < -0.4 is 0 Å². The molecule has 0 heterocycles. The van der Waals surface area contributed by atoms with E-state index in [1.54, 1.807) is 0 Å². The maximum Gasteiger partial charge on any atom is 0.0447 e. The van der Waals surface area contributed by atoms with Crippen LogP contribution in [0.15, 0.2) is 16.8 Å². The van der Waals surface area contributed by atoms with Crippen LogP contribution in [-0.2, 0) is 0 Å². The number of hydrogen-bond donors (Lipinski definition) is 1. The van der Waals surface area contributed by atoms with Gasteiger partial charge in [0, 0.05) is 18.1 Å². The van der Waals surface area contributed by atoms with E-state index in [0.717, 1.165) is 5.70 Å². The van der Waals surface area contributed by atoms with E-state index in [0.29, 0.717) is 5.92 Å². The predicted molar refractivity (Wildman–Crippen MR) is 45.9 cm³/mol. The Bertz CT molecular complexity index is 155. The quantitative estimate of drug-likeness (QED) is 0.581. The fourth-order valence-corrected chi connectivity index (χ4v) is 0.680. The number of nitrogens with zero attached hydrogens (tertiary/aromatic N) is 1. The number of allylic oxidation sites excluding steroid dienone is 2. The summed E-state index contributed by atoms with van der Waals surface area (Å²) in [6.45, 7) is 6.11. The molecule has 0 amide bonds. The molecule has 0 aromatic heterocycles. The first-order chi connectivity index (χ1) is 4.72. The molecule has 0 radical (unpaired) electrons. The molecule has 0 aliphatic heterocycles. The number of nitrogens with one attached hydrogen (secondary N) is 1. The lowest BCUT2D eigenvalue weighted by molar-refractivity contribution is 0.757. The SMILES string of the molecule is C/C=C(\N=CC=N)C(C)C. The summed E-state index contributed by atoms with van der Waals surface area (Å²) in [5.41, 5.74) is 1.03. The highest BCUT2D eigenvalue weighted by molar-refractivity contribution is 6.14. The van der Waals surface area contributed by atoms with Crippen molar-refractivity contribution in [1.82, 2.24) is 0 Å². The summed E-state index contributed by atoms with van der Waals surface area (Å²) in [7, 11) is 0. The molecule has 0 atom stereocenters. The van der Waals surface area contributed by atoms with Crippen molar-refractivity contribution in [3.05, 3.63) is 11.8 Å². The monoisotopic (exact) mass is 138 g/mol. The highest BCUT2D eigenvalue weighted by Crippen LogP contribution is 2.08. The third-order valence-corrected chi connectivity index (χ3v) is 1.19. The zero-order chi connectivity index (χ0) is 7.98. The van der Waals surface area contributed by atoms with Gasteiger partial charge in [0.05, 0.1) is 0 Å². The Hall–Kier alpha value is -0.920. The lowest BCUT2D eigenvalue weighted by atomic mass is 10.1. The van der Waals surface area contributed by atoms with Gasteiger partial charge in [-0.15, -0.1) is 0 Å². The number of aliphatic imine (C=N–C) groups is 1. The molecule has 0 saturated carbocycles. The van der Waals surface area contributed by atoms with Crippen molar-refractivity contribution in [2.24, 2.45) is 10.9 Å². The van der Waals surface area contributed by atoms with Crippen LogP contribution in [0.3, 0.4) is 0 Å². The lowest BCUT2D eigenvalue weighted by Crippen LogP contribution is -1.90. The fraction of sp³-hybridized carbons (Fsp3) is 0.500. The Morgan fingerprint density at radius 1 is 1.50 bits per heavy atom. The molecule has 0 aromatic carbocycles. The van der Waals surface area contributed by atoms with Crippen molar-refractivity contribution >= 4 is 12.4 Å². The molecule has 1 N–H and O–H groups in total. The van der Waals surface area contributed by atoms with Gasteiger partial charge in [0.15, 0.2) is 0 Å². The molecule has 0 aromatic rings. The molecule has 0 saturated heterocycles. The van der Waals surface area contributed by atoms with Gasteiger partial charge in [0.1, 0.15) is 0 Å².